The molecule has 1 N–H and O–H groups in total. The van der Waals surface area contributed by atoms with E-state index >= 15 is 0 Å². The Morgan fingerprint density at radius 2 is 2.25 bits per heavy atom. The third kappa shape index (κ3) is 2.81. The van der Waals surface area contributed by atoms with Crippen LogP contribution in [0, 0.1) is 11.3 Å². The lowest BCUT2D eigenvalue weighted by Crippen LogP contribution is -2.07. The van der Waals surface area contributed by atoms with Crippen molar-refractivity contribution in [3.05, 3.63) is 33.3 Å². The number of halogens is 1. The minimum absolute atomic E-state index is 0.0500. The second kappa shape index (κ2) is 5.64. The third-order valence-corrected chi connectivity index (χ3v) is 2.80. The van der Waals surface area contributed by atoms with Gasteiger partial charge in [-0.05, 0) is 39.2 Å². The van der Waals surface area contributed by atoms with Crippen molar-refractivity contribution < 1.29 is 14.6 Å². The summed E-state index contributed by atoms with van der Waals surface area (Å²) in [6.07, 6.45) is 0.0500. The molecule has 0 heterocycles. The average molecular weight is 284 g/mol. The lowest BCUT2D eigenvalue weighted by Gasteiger charge is -2.08. The van der Waals surface area contributed by atoms with Crippen molar-refractivity contribution in [2.24, 2.45) is 0 Å². The maximum absolute atomic E-state index is 11.1. The van der Waals surface area contributed by atoms with Crippen LogP contribution in [0.3, 0.4) is 0 Å². The number of hydrogen-bond acceptors (Lipinski definition) is 4. The fourth-order valence-corrected chi connectivity index (χ4v) is 1.76. The molecule has 1 aromatic rings. The topological polar surface area (TPSA) is 70.3 Å². The van der Waals surface area contributed by atoms with E-state index in [0.717, 1.165) is 0 Å². The number of nitrogens with zero attached hydrogens (tertiary/aromatic N) is 1. The Hall–Kier alpha value is -1.38. The highest BCUT2D eigenvalue weighted by Crippen LogP contribution is 2.22. The number of aliphatic hydroxyl groups is 1. The van der Waals surface area contributed by atoms with Crippen LogP contribution in [0.4, 0.5) is 0 Å². The first-order valence-corrected chi connectivity index (χ1v) is 5.30. The Morgan fingerprint density at radius 1 is 1.56 bits per heavy atom. The van der Waals surface area contributed by atoms with Crippen LogP contribution < -0.4 is 0 Å². The number of carbonyl (C=O) groups is 1. The van der Waals surface area contributed by atoms with E-state index < -0.39 is 5.97 Å². The molecule has 0 bridgehead atoms. The van der Waals surface area contributed by atoms with Gasteiger partial charge in [0.2, 0.25) is 0 Å². The van der Waals surface area contributed by atoms with E-state index in [4.69, 9.17) is 10.4 Å². The lowest BCUT2D eigenvalue weighted by atomic mass is 10.0. The predicted octanol–water partition coefficient (Wildman–Crippen LogP) is 1.53. The molecule has 0 atom stereocenters. The summed E-state index contributed by atoms with van der Waals surface area (Å²) < 4.78 is 5.15. The van der Waals surface area contributed by atoms with Crippen molar-refractivity contribution >= 4 is 21.9 Å². The zero-order chi connectivity index (χ0) is 12.1. The summed E-state index contributed by atoms with van der Waals surface area (Å²) in [7, 11) is 1.30. The minimum Gasteiger partial charge on any atom is -0.469 e. The Kier molecular flexibility index (Phi) is 4.47. The van der Waals surface area contributed by atoms with Crippen LogP contribution in [0.25, 0.3) is 0 Å². The first-order valence-electron chi connectivity index (χ1n) is 4.51. The summed E-state index contributed by atoms with van der Waals surface area (Å²) in [5.74, 6) is -0.402. The Balaban J connectivity index is 3.15. The smallest absolute Gasteiger partial charge is 0.309 e. The molecule has 0 radical (unpaired) electrons. The second-order valence-electron chi connectivity index (χ2n) is 3.12. The molecule has 0 spiro atoms. The Bertz CT molecular complexity index is 451. The summed E-state index contributed by atoms with van der Waals surface area (Å²) in [4.78, 5) is 11.1. The largest absolute Gasteiger partial charge is 0.469 e. The maximum Gasteiger partial charge on any atom is 0.309 e. The standard InChI is InChI=1S/C11H10BrNO3/c1-16-11(15)4-7-2-8(5-13)10(12)3-9(7)6-14/h2-3,14H,4,6H2,1H3. The van der Waals surface area contributed by atoms with Gasteiger partial charge in [0, 0.05) is 4.47 Å². The molecule has 0 saturated heterocycles. The molecule has 0 saturated carbocycles. The number of hydrogen-bond donors (Lipinski definition) is 1. The van der Waals surface area contributed by atoms with Crippen molar-refractivity contribution in [1.82, 2.24) is 0 Å². The SMILES string of the molecule is COC(=O)Cc1cc(C#N)c(Br)cc1CO. The molecule has 5 heteroatoms. The molecule has 0 aliphatic carbocycles. The molecule has 84 valence electrons. The molecule has 0 fully saturated rings. The zero-order valence-electron chi connectivity index (χ0n) is 8.66. The molecule has 0 amide bonds. The van der Waals surface area contributed by atoms with Crippen molar-refractivity contribution in [2.75, 3.05) is 7.11 Å². The molecule has 4 nitrogen and oxygen atoms in total. The van der Waals surface area contributed by atoms with E-state index in [-0.39, 0.29) is 13.0 Å². The number of carbonyl (C=O) groups excluding carboxylic acids is 1. The minimum atomic E-state index is -0.402. The average Bonchev–Trinajstić information content (AvgIpc) is 2.30. The molecule has 1 rings (SSSR count). The fourth-order valence-electron chi connectivity index (χ4n) is 1.28. The van der Waals surface area contributed by atoms with E-state index in [1.165, 1.54) is 7.11 Å². The number of benzene rings is 1. The number of aliphatic hydroxyl groups excluding tert-OH is 1. The number of ether oxygens (including phenoxy) is 1. The van der Waals surface area contributed by atoms with Gasteiger partial charge in [-0.1, -0.05) is 0 Å². The highest BCUT2D eigenvalue weighted by Gasteiger charge is 2.11. The van der Waals surface area contributed by atoms with Crippen molar-refractivity contribution in [3.8, 4) is 6.07 Å². The predicted molar refractivity (Wildman–Crippen MR) is 60.5 cm³/mol. The summed E-state index contributed by atoms with van der Waals surface area (Å²) in [5.41, 5.74) is 1.64. The van der Waals surface area contributed by atoms with E-state index in [1.807, 2.05) is 6.07 Å². The summed E-state index contributed by atoms with van der Waals surface area (Å²) in [5, 5.41) is 18.0. The van der Waals surface area contributed by atoms with E-state index in [9.17, 15) is 4.79 Å². The van der Waals surface area contributed by atoms with Crippen LogP contribution in [-0.2, 0) is 22.6 Å². The third-order valence-electron chi connectivity index (χ3n) is 2.14. The van der Waals surface area contributed by atoms with Crippen LogP contribution in [0.15, 0.2) is 16.6 Å². The van der Waals surface area contributed by atoms with Crippen LogP contribution in [-0.4, -0.2) is 18.2 Å². The normalized spacial score (nSPS) is 9.62. The van der Waals surface area contributed by atoms with Gasteiger partial charge >= 0.3 is 5.97 Å². The molecule has 16 heavy (non-hydrogen) atoms. The van der Waals surface area contributed by atoms with Gasteiger partial charge in [-0.3, -0.25) is 4.79 Å². The van der Waals surface area contributed by atoms with Crippen LogP contribution in [0.1, 0.15) is 16.7 Å². The van der Waals surface area contributed by atoms with Crippen molar-refractivity contribution in [3.63, 3.8) is 0 Å². The number of nitriles is 1. The van der Waals surface area contributed by atoms with Crippen molar-refractivity contribution in [2.45, 2.75) is 13.0 Å². The number of rotatable bonds is 3. The maximum atomic E-state index is 11.1. The second-order valence-corrected chi connectivity index (χ2v) is 3.98. The van der Waals surface area contributed by atoms with E-state index in [0.29, 0.717) is 21.2 Å². The molecule has 0 aliphatic heterocycles. The van der Waals surface area contributed by atoms with Gasteiger partial charge in [0.15, 0.2) is 0 Å². The van der Waals surface area contributed by atoms with Crippen LogP contribution in [0.5, 0.6) is 0 Å². The highest BCUT2D eigenvalue weighted by molar-refractivity contribution is 9.10. The Morgan fingerprint density at radius 3 is 2.75 bits per heavy atom. The highest BCUT2D eigenvalue weighted by atomic mass is 79.9. The molecule has 0 aromatic heterocycles. The molecular weight excluding hydrogens is 274 g/mol. The molecule has 1 aromatic carbocycles. The number of methoxy groups -OCH3 is 1. The van der Waals surface area contributed by atoms with Crippen LogP contribution >= 0.6 is 15.9 Å². The van der Waals surface area contributed by atoms with E-state index in [1.54, 1.807) is 12.1 Å². The number of esters is 1. The van der Waals surface area contributed by atoms with Gasteiger partial charge in [-0.2, -0.15) is 5.26 Å². The van der Waals surface area contributed by atoms with Gasteiger partial charge < -0.3 is 9.84 Å². The first-order chi connectivity index (χ1) is 7.62. The molecular formula is C11H10BrNO3. The quantitative estimate of drug-likeness (QED) is 0.854. The van der Waals surface area contributed by atoms with Crippen LogP contribution in [0.2, 0.25) is 0 Å². The molecule has 0 unspecified atom stereocenters. The van der Waals surface area contributed by atoms with Gasteiger partial charge in [0.25, 0.3) is 0 Å². The summed E-state index contributed by atoms with van der Waals surface area (Å²) in [6, 6.07) is 5.21. The van der Waals surface area contributed by atoms with Crippen molar-refractivity contribution in [1.29, 1.82) is 5.26 Å². The zero-order valence-corrected chi connectivity index (χ0v) is 10.2. The Labute approximate surface area is 102 Å². The molecule has 0 aliphatic rings. The fraction of sp³-hybridized carbons (Fsp3) is 0.273. The lowest BCUT2D eigenvalue weighted by molar-refractivity contribution is -0.139. The first kappa shape index (κ1) is 12.7. The van der Waals surface area contributed by atoms with Gasteiger partial charge in [0.1, 0.15) is 6.07 Å². The van der Waals surface area contributed by atoms with Gasteiger partial charge in [-0.25, -0.2) is 0 Å². The summed E-state index contributed by atoms with van der Waals surface area (Å²) in [6.45, 7) is -0.184. The van der Waals surface area contributed by atoms with Gasteiger partial charge in [0.05, 0.1) is 25.7 Å². The summed E-state index contributed by atoms with van der Waals surface area (Å²) >= 11 is 3.22. The van der Waals surface area contributed by atoms with Gasteiger partial charge in [-0.15, -0.1) is 0 Å². The van der Waals surface area contributed by atoms with E-state index in [2.05, 4.69) is 20.7 Å². The monoisotopic (exact) mass is 283 g/mol.